The Bertz CT molecular complexity index is 858. The fraction of sp³-hybridized carbons (Fsp3) is 0.267. The summed E-state index contributed by atoms with van der Waals surface area (Å²) in [5.41, 5.74) is 1.22. The average molecular weight is 338 g/mol. The van der Waals surface area contributed by atoms with Crippen molar-refractivity contribution in [2.75, 3.05) is 5.75 Å². The predicted molar refractivity (Wildman–Crippen MR) is 82.4 cm³/mol. The largest absolute Gasteiger partial charge is 0.435 e. The summed E-state index contributed by atoms with van der Waals surface area (Å²) in [6.45, 7) is 3.89. The van der Waals surface area contributed by atoms with Gasteiger partial charge < -0.3 is 0 Å². The predicted octanol–water partition coefficient (Wildman–Crippen LogP) is 4.23. The van der Waals surface area contributed by atoms with Gasteiger partial charge in [0, 0.05) is 22.9 Å². The van der Waals surface area contributed by atoms with Crippen LogP contribution in [0.4, 0.5) is 13.2 Å². The summed E-state index contributed by atoms with van der Waals surface area (Å²) in [7, 11) is 0. The van der Waals surface area contributed by atoms with E-state index in [4.69, 9.17) is 0 Å². The van der Waals surface area contributed by atoms with Gasteiger partial charge in [0.05, 0.1) is 5.69 Å². The lowest BCUT2D eigenvalue weighted by Gasteiger charge is -2.08. The van der Waals surface area contributed by atoms with Crippen molar-refractivity contribution in [3.05, 3.63) is 41.9 Å². The monoisotopic (exact) mass is 338 g/mol. The Kier molecular flexibility index (Phi) is 4.01. The van der Waals surface area contributed by atoms with Crippen LogP contribution in [0.2, 0.25) is 0 Å². The van der Waals surface area contributed by atoms with Crippen LogP contribution in [0, 0.1) is 6.92 Å². The Labute approximate surface area is 134 Å². The topological polar surface area (TPSA) is 43.1 Å². The first-order chi connectivity index (χ1) is 10.9. The summed E-state index contributed by atoms with van der Waals surface area (Å²) < 4.78 is 39.4. The van der Waals surface area contributed by atoms with Crippen LogP contribution in [0.15, 0.2) is 35.4 Å². The number of nitrogens with zero attached hydrogens (tertiary/aromatic N) is 4. The molecule has 0 radical (unpaired) electrons. The van der Waals surface area contributed by atoms with Gasteiger partial charge in [-0.25, -0.2) is 9.50 Å². The number of aryl methyl sites for hydroxylation is 1. The molecule has 0 unspecified atom stereocenters. The minimum Gasteiger partial charge on any atom is -0.250 e. The standard InChI is InChI=1S/C15H13F3N4S/c1-3-23-11-5-4-9(2)19-14(11)10-6-7-22-13(20-10)8-12(21-22)15(16,17)18/h4-8H,3H2,1-2H3. The maximum atomic E-state index is 12.7. The molecule has 4 nitrogen and oxygen atoms in total. The molecule has 0 aliphatic carbocycles. The zero-order valence-electron chi connectivity index (χ0n) is 12.4. The summed E-state index contributed by atoms with van der Waals surface area (Å²) in [6, 6.07) is 6.42. The Morgan fingerprint density at radius 2 is 1.96 bits per heavy atom. The molecule has 120 valence electrons. The third kappa shape index (κ3) is 3.17. The summed E-state index contributed by atoms with van der Waals surface area (Å²) >= 11 is 1.62. The van der Waals surface area contributed by atoms with Crippen molar-refractivity contribution >= 4 is 17.4 Å². The van der Waals surface area contributed by atoms with E-state index in [9.17, 15) is 13.2 Å². The number of aromatic nitrogens is 4. The zero-order valence-corrected chi connectivity index (χ0v) is 13.2. The van der Waals surface area contributed by atoms with Crippen molar-refractivity contribution in [1.29, 1.82) is 0 Å². The second-order valence-corrected chi connectivity index (χ2v) is 6.18. The number of thioether (sulfide) groups is 1. The summed E-state index contributed by atoms with van der Waals surface area (Å²) in [5.74, 6) is 0.866. The van der Waals surface area contributed by atoms with Crippen molar-refractivity contribution in [2.24, 2.45) is 0 Å². The van der Waals surface area contributed by atoms with E-state index in [0.717, 1.165) is 26.9 Å². The highest BCUT2D eigenvalue weighted by Crippen LogP contribution is 2.31. The Morgan fingerprint density at radius 1 is 1.17 bits per heavy atom. The lowest BCUT2D eigenvalue weighted by atomic mass is 10.2. The first-order valence-electron chi connectivity index (χ1n) is 6.93. The molecule has 0 saturated carbocycles. The van der Waals surface area contributed by atoms with E-state index >= 15 is 0 Å². The van der Waals surface area contributed by atoms with Gasteiger partial charge in [-0.15, -0.1) is 11.8 Å². The molecule has 8 heteroatoms. The number of halogens is 3. The number of rotatable bonds is 3. The number of hydrogen-bond acceptors (Lipinski definition) is 4. The van der Waals surface area contributed by atoms with Gasteiger partial charge in [0.1, 0.15) is 5.69 Å². The number of fused-ring (bicyclic) bond motifs is 1. The fourth-order valence-corrected chi connectivity index (χ4v) is 2.91. The molecule has 3 heterocycles. The quantitative estimate of drug-likeness (QED) is 0.670. The normalized spacial score (nSPS) is 12.0. The van der Waals surface area contributed by atoms with E-state index in [1.165, 1.54) is 6.20 Å². The first kappa shape index (κ1) is 15.8. The third-order valence-electron chi connectivity index (χ3n) is 3.15. The molecule has 3 aromatic rings. The molecule has 0 N–H and O–H groups in total. The van der Waals surface area contributed by atoms with E-state index in [-0.39, 0.29) is 5.65 Å². The molecule has 0 bridgehead atoms. The molecule has 0 aromatic carbocycles. The van der Waals surface area contributed by atoms with Crippen molar-refractivity contribution in [2.45, 2.75) is 24.9 Å². The molecule has 3 rings (SSSR count). The van der Waals surface area contributed by atoms with Gasteiger partial charge in [0.15, 0.2) is 11.3 Å². The average Bonchev–Trinajstić information content (AvgIpc) is 2.92. The SMILES string of the molecule is CCSc1ccc(C)nc1-c1ccn2nc(C(F)(F)F)cc2n1. The van der Waals surface area contributed by atoms with Gasteiger partial charge in [0.25, 0.3) is 0 Å². The van der Waals surface area contributed by atoms with Crippen molar-refractivity contribution < 1.29 is 13.2 Å². The molecule has 0 aliphatic heterocycles. The summed E-state index contributed by atoms with van der Waals surface area (Å²) in [5, 5.41) is 3.50. The molecule has 0 fully saturated rings. The Balaban J connectivity index is 2.12. The minimum atomic E-state index is -4.49. The van der Waals surface area contributed by atoms with Crippen LogP contribution in [0.5, 0.6) is 0 Å². The van der Waals surface area contributed by atoms with Crippen LogP contribution < -0.4 is 0 Å². The highest BCUT2D eigenvalue weighted by Gasteiger charge is 2.34. The van der Waals surface area contributed by atoms with Crippen LogP contribution in [-0.4, -0.2) is 25.3 Å². The minimum absolute atomic E-state index is 0.144. The zero-order chi connectivity index (χ0) is 16.6. The van der Waals surface area contributed by atoms with Gasteiger partial charge >= 0.3 is 6.18 Å². The second kappa shape index (κ2) is 5.84. The molecule has 0 atom stereocenters. The maximum absolute atomic E-state index is 12.7. The molecule has 0 saturated heterocycles. The van der Waals surface area contributed by atoms with Gasteiger partial charge in [-0.3, -0.25) is 4.98 Å². The van der Waals surface area contributed by atoms with Crippen LogP contribution >= 0.6 is 11.8 Å². The van der Waals surface area contributed by atoms with Gasteiger partial charge in [-0.2, -0.15) is 18.3 Å². The first-order valence-corrected chi connectivity index (χ1v) is 7.91. The summed E-state index contributed by atoms with van der Waals surface area (Å²) in [4.78, 5) is 9.73. The lowest BCUT2D eigenvalue weighted by Crippen LogP contribution is -2.05. The van der Waals surface area contributed by atoms with E-state index in [1.807, 2.05) is 26.0 Å². The Morgan fingerprint density at radius 3 is 2.65 bits per heavy atom. The molecule has 0 aliphatic rings. The third-order valence-corrected chi connectivity index (χ3v) is 4.08. The number of hydrogen-bond donors (Lipinski definition) is 0. The van der Waals surface area contributed by atoms with Crippen molar-refractivity contribution in [1.82, 2.24) is 19.6 Å². The molecule has 23 heavy (non-hydrogen) atoms. The maximum Gasteiger partial charge on any atom is 0.435 e. The number of alkyl halides is 3. The van der Waals surface area contributed by atoms with Crippen LogP contribution in [0.1, 0.15) is 18.3 Å². The van der Waals surface area contributed by atoms with E-state index in [1.54, 1.807) is 17.8 Å². The summed E-state index contributed by atoms with van der Waals surface area (Å²) in [6.07, 6.45) is -3.02. The van der Waals surface area contributed by atoms with Gasteiger partial charge in [-0.05, 0) is 30.9 Å². The smallest absolute Gasteiger partial charge is 0.250 e. The molecular weight excluding hydrogens is 325 g/mol. The van der Waals surface area contributed by atoms with Crippen molar-refractivity contribution in [3.8, 4) is 11.4 Å². The molecule has 0 spiro atoms. The second-order valence-electron chi connectivity index (χ2n) is 4.88. The molecular formula is C15H13F3N4S. The van der Waals surface area contributed by atoms with Gasteiger partial charge in [0.2, 0.25) is 0 Å². The fourth-order valence-electron chi connectivity index (χ4n) is 2.15. The molecule has 0 amide bonds. The highest BCUT2D eigenvalue weighted by molar-refractivity contribution is 7.99. The van der Waals surface area contributed by atoms with Crippen molar-refractivity contribution in [3.63, 3.8) is 0 Å². The van der Waals surface area contributed by atoms with Crippen LogP contribution in [0.3, 0.4) is 0 Å². The lowest BCUT2D eigenvalue weighted by molar-refractivity contribution is -0.141. The van der Waals surface area contributed by atoms with Crippen LogP contribution in [0.25, 0.3) is 17.0 Å². The molecule has 3 aromatic heterocycles. The number of pyridine rings is 1. The van der Waals surface area contributed by atoms with Crippen LogP contribution in [-0.2, 0) is 6.18 Å². The Hall–Kier alpha value is -2.09. The van der Waals surface area contributed by atoms with E-state index in [0.29, 0.717) is 11.4 Å². The highest BCUT2D eigenvalue weighted by atomic mass is 32.2. The van der Waals surface area contributed by atoms with E-state index in [2.05, 4.69) is 15.1 Å². The van der Waals surface area contributed by atoms with E-state index < -0.39 is 11.9 Å². The van der Waals surface area contributed by atoms with Gasteiger partial charge in [-0.1, -0.05) is 6.92 Å².